The summed E-state index contributed by atoms with van der Waals surface area (Å²) in [5.74, 6) is 11.8. The Balaban J connectivity index is 1.83. The Hall–Kier alpha value is -3.06. The third kappa shape index (κ3) is 3.29. The third-order valence-corrected chi connectivity index (χ3v) is 4.93. The van der Waals surface area contributed by atoms with Crippen LogP contribution in [0.2, 0.25) is 10.0 Å². The maximum atomic E-state index is 6.36. The molecule has 4 rings (SSSR count). The summed E-state index contributed by atoms with van der Waals surface area (Å²) in [4.78, 5) is 0. The van der Waals surface area contributed by atoms with Crippen LogP contribution in [0.3, 0.4) is 0 Å². The number of nitrogens with one attached hydrogen (secondary N) is 1. The fourth-order valence-corrected chi connectivity index (χ4v) is 3.56. The first-order valence-electron chi connectivity index (χ1n) is 8.31. The van der Waals surface area contributed by atoms with Crippen molar-refractivity contribution in [2.24, 2.45) is 16.8 Å². The van der Waals surface area contributed by atoms with E-state index in [1.165, 1.54) is 0 Å². The van der Waals surface area contributed by atoms with Crippen molar-refractivity contribution in [3.05, 3.63) is 76.3 Å². The van der Waals surface area contributed by atoms with Crippen LogP contribution in [-0.2, 0) is 0 Å². The van der Waals surface area contributed by atoms with Gasteiger partial charge in [-0.05, 0) is 42.0 Å². The maximum Gasteiger partial charge on any atom is 0.174 e. The van der Waals surface area contributed by atoms with Crippen molar-refractivity contribution in [1.82, 2.24) is 10.6 Å². The fourth-order valence-electron chi connectivity index (χ4n) is 3.04. The largest absolute Gasteiger partial charge is 0.355 e. The number of hydrogen-bond acceptors (Lipinski definition) is 5. The maximum absolute atomic E-state index is 6.36. The van der Waals surface area contributed by atoms with Gasteiger partial charge in [0, 0.05) is 26.7 Å². The molecule has 1 aromatic heterocycles. The van der Waals surface area contributed by atoms with Crippen molar-refractivity contribution >= 4 is 39.9 Å². The van der Waals surface area contributed by atoms with Crippen molar-refractivity contribution in [2.75, 3.05) is 0 Å². The van der Waals surface area contributed by atoms with Crippen molar-refractivity contribution in [2.45, 2.75) is 0 Å². The molecule has 4 aromatic rings. The molecule has 0 saturated carbocycles. The molecule has 0 aliphatic heterocycles. The predicted molar refractivity (Wildman–Crippen MR) is 113 cm³/mol. The quantitative estimate of drug-likeness (QED) is 0.198. The second-order valence-electron chi connectivity index (χ2n) is 6.07. The molecular weight excluding hydrogens is 397 g/mol. The van der Waals surface area contributed by atoms with E-state index in [1.54, 1.807) is 12.1 Å². The highest BCUT2D eigenvalue weighted by atomic mass is 35.5. The highest BCUT2D eigenvalue weighted by molar-refractivity contribution is 6.36. The summed E-state index contributed by atoms with van der Waals surface area (Å²) in [6, 6.07) is 18.7. The molecule has 0 radical (unpaired) electrons. The summed E-state index contributed by atoms with van der Waals surface area (Å²) in [5, 5.41) is 9.76. The van der Waals surface area contributed by atoms with E-state index >= 15 is 0 Å². The molecule has 0 amide bonds. The van der Waals surface area contributed by atoms with Gasteiger partial charge in [-0.15, -0.1) is 0 Å². The smallest absolute Gasteiger partial charge is 0.174 e. The second kappa shape index (κ2) is 7.52. The molecule has 8 heteroatoms. The molecule has 0 aliphatic rings. The first-order chi connectivity index (χ1) is 13.6. The lowest BCUT2D eigenvalue weighted by atomic mass is 10.00. The number of amidine groups is 1. The average molecular weight is 412 g/mol. The van der Waals surface area contributed by atoms with E-state index in [0.717, 1.165) is 27.6 Å². The van der Waals surface area contributed by atoms with Gasteiger partial charge in [-0.3, -0.25) is 0 Å². The Morgan fingerprint density at radius 3 is 2.57 bits per heavy atom. The molecule has 140 valence electrons. The lowest BCUT2D eigenvalue weighted by molar-refractivity contribution is 0.441. The van der Waals surface area contributed by atoms with E-state index in [4.69, 9.17) is 39.4 Å². The Morgan fingerprint density at radius 1 is 1.00 bits per heavy atom. The van der Waals surface area contributed by atoms with Gasteiger partial charge in [0.15, 0.2) is 11.6 Å². The molecule has 1 heterocycles. The van der Waals surface area contributed by atoms with Gasteiger partial charge in [-0.2, -0.15) is 5.10 Å². The Morgan fingerprint density at radius 2 is 1.82 bits per heavy atom. The summed E-state index contributed by atoms with van der Waals surface area (Å²) >= 11 is 12.4. The number of hydrazine groups is 1. The first-order valence-corrected chi connectivity index (χ1v) is 9.06. The molecule has 0 saturated heterocycles. The summed E-state index contributed by atoms with van der Waals surface area (Å²) in [6.45, 7) is 0. The van der Waals surface area contributed by atoms with Crippen molar-refractivity contribution < 1.29 is 4.52 Å². The highest BCUT2D eigenvalue weighted by Gasteiger charge is 2.14. The van der Waals surface area contributed by atoms with Crippen LogP contribution in [0.4, 0.5) is 0 Å². The lowest BCUT2D eigenvalue weighted by Gasteiger charge is -2.07. The van der Waals surface area contributed by atoms with Crippen LogP contribution >= 0.6 is 23.2 Å². The minimum Gasteiger partial charge on any atom is -0.355 e. The molecule has 0 atom stereocenters. The fraction of sp³-hybridized carbons (Fsp3) is 0. The van der Waals surface area contributed by atoms with Crippen LogP contribution < -0.4 is 17.1 Å². The molecule has 0 aliphatic carbocycles. The van der Waals surface area contributed by atoms with Crippen molar-refractivity contribution in [3.8, 4) is 22.5 Å². The number of benzene rings is 3. The number of rotatable bonds is 3. The Kier molecular flexibility index (Phi) is 4.92. The minimum atomic E-state index is 0.357. The Labute approximate surface area is 170 Å². The van der Waals surface area contributed by atoms with Gasteiger partial charge in [-0.1, -0.05) is 52.6 Å². The van der Waals surface area contributed by atoms with Gasteiger partial charge in [-0.25, -0.2) is 5.84 Å². The number of hydrogen-bond donors (Lipinski definition) is 3. The molecule has 3 aromatic carbocycles. The van der Waals surface area contributed by atoms with Crippen LogP contribution in [0.5, 0.6) is 0 Å². The Bertz CT molecular complexity index is 1200. The van der Waals surface area contributed by atoms with Crippen molar-refractivity contribution in [3.63, 3.8) is 0 Å². The van der Waals surface area contributed by atoms with Crippen LogP contribution in [0.25, 0.3) is 33.4 Å². The summed E-state index contributed by atoms with van der Waals surface area (Å²) in [6.07, 6.45) is 0. The molecule has 0 spiro atoms. The minimum absolute atomic E-state index is 0.357. The number of fused-ring (bicyclic) bond motifs is 1. The number of hydrazone groups is 1. The van der Waals surface area contributed by atoms with E-state index in [0.29, 0.717) is 27.2 Å². The number of aromatic nitrogens is 1. The highest BCUT2D eigenvalue weighted by Crippen LogP contribution is 2.35. The normalized spacial score (nSPS) is 11.8. The van der Waals surface area contributed by atoms with Crippen LogP contribution in [0, 0.1) is 0 Å². The summed E-state index contributed by atoms with van der Waals surface area (Å²) in [5.41, 5.74) is 6.58. The van der Waals surface area contributed by atoms with E-state index in [9.17, 15) is 0 Å². The zero-order chi connectivity index (χ0) is 19.7. The monoisotopic (exact) mass is 411 g/mol. The van der Waals surface area contributed by atoms with Gasteiger partial charge < -0.3 is 15.8 Å². The van der Waals surface area contributed by atoms with E-state index < -0.39 is 0 Å². The number of halogens is 2. The van der Waals surface area contributed by atoms with Gasteiger partial charge in [0.1, 0.15) is 5.52 Å². The standard InChI is InChI=1S/C20H15Cl2N5O/c21-14-5-6-15(17(22)10-14)11-2-1-3-12(8-11)19-16-9-13(20(25-23)26-24)4-7-18(16)27-28-19/h1-10H,23-24H2,(H,25,26). The zero-order valence-corrected chi connectivity index (χ0v) is 16.0. The van der Waals surface area contributed by atoms with Gasteiger partial charge >= 0.3 is 0 Å². The van der Waals surface area contributed by atoms with Gasteiger partial charge in [0.25, 0.3) is 0 Å². The molecule has 0 fully saturated rings. The molecule has 0 unspecified atom stereocenters. The molecule has 28 heavy (non-hydrogen) atoms. The SMILES string of the molecule is N/N=C(\NN)c1ccc2noc(-c3cccc(-c4ccc(Cl)cc4Cl)c3)c2c1. The lowest BCUT2D eigenvalue weighted by Crippen LogP contribution is -2.31. The predicted octanol–water partition coefficient (Wildman–Crippen LogP) is 4.55. The summed E-state index contributed by atoms with van der Waals surface area (Å²) < 4.78 is 5.62. The zero-order valence-electron chi connectivity index (χ0n) is 14.5. The molecule has 5 N–H and O–H groups in total. The number of nitrogens with zero attached hydrogens (tertiary/aromatic N) is 2. The molecule has 0 bridgehead atoms. The van der Waals surface area contributed by atoms with Crippen LogP contribution in [0.1, 0.15) is 5.56 Å². The van der Waals surface area contributed by atoms with E-state index in [-0.39, 0.29) is 0 Å². The van der Waals surface area contributed by atoms with Crippen LogP contribution in [0.15, 0.2) is 70.3 Å². The van der Waals surface area contributed by atoms with Crippen LogP contribution in [-0.4, -0.2) is 11.0 Å². The van der Waals surface area contributed by atoms with E-state index in [1.807, 2.05) is 48.5 Å². The molecular formula is C20H15Cl2N5O. The number of nitrogens with two attached hydrogens (primary N) is 2. The average Bonchev–Trinajstić information content (AvgIpc) is 3.12. The third-order valence-electron chi connectivity index (χ3n) is 4.38. The topological polar surface area (TPSA) is 102 Å². The van der Waals surface area contributed by atoms with E-state index in [2.05, 4.69) is 15.7 Å². The second-order valence-corrected chi connectivity index (χ2v) is 6.91. The molecule has 6 nitrogen and oxygen atoms in total. The summed E-state index contributed by atoms with van der Waals surface area (Å²) in [7, 11) is 0. The van der Waals surface area contributed by atoms with Gasteiger partial charge in [0.05, 0.1) is 5.39 Å². The van der Waals surface area contributed by atoms with Crippen molar-refractivity contribution in [1.29, 1.82) is 0 Å². The van der Waals surface area contributed by atoms with Gasteiger partial charge in [0.2, 0.25) is 0 Å². The first kappa shape index (κ1) is 18.3.